The summed E-state index contributed by atoms with van der Waals surface area (Å²) in [6.07, 6.45) is 0. The first kappa shape index (κ1) is 14.2. The zero-order valence-electron chi connectivity index (χ0n) is 10.4. The van der Waals surface area contributed by atoms with Gasteiger partial charge >= 0.3 is 0 Å². The maximum Gasteiger partial charge on any atom is 0.295 e. The molecule has 0 bridgehead atoms. The highest BCUT2D eigenvalue weighted by Gasteiger charge is 2.15. The quantitative estimate of drug-likeness (QED) is 0.843. The normalized spacial score (nSPS) is 10.8. The van der Waals surface area contributed by atoms with E-state index in [0.717, 1.165) is 8.95 Å². The van der Waals surface area contributed by atoms with Gasteiger partial charge in [-0.25, -0.2) is 4.98 Å². The highest BCUT2D eigenvalue weighted by atomic mass is 79.9. The van der Waals surface area contributed by atoms with Gasteiger partial charge in [-0.1, -0.05) is 29.8 Å². The van der Waals surface area contributed by atoms with Gasteiger partial charge in [0, 0.05) is 14.9 Å². The van der Waals surface area contributed by atoms with Gasteiger partial charge in [-0.15, -0.1) is 5.10 Å². The molecule has 0 atom stereocenters. The Bertz CT molecular complexity index is 610. The third-order valence-corrected chi connectivity index (χ3v) is 3.61. The van der Waals surface area contributed by atoms with E-state index in [2.05, 4.69) is 52.4 Å². The van der Waals surface area contributed by atoms with E-state index in [1.165, 1.54) is 0 Å². The number of halogens is 2. The van der Waals surface area contributed by atoms with Crippen LogP contribution < -0.4 is 5.32 Å². The van der Waals surface area contributed by atoms with Gasteiger partial charge in [0.25, 0.3) is 5.91 Å². The molecule has 1 aromatic heterocycles. The zero-order valence-corrected chi connectivity index (χ0v) is 13.5. The second kappa shape index (κ2) is 5.83. The van der Waals surface area contributed by atoms with Gasteiger partial charge in [-0.3, -0.25) is 9.89 Å². The minimum atomic E-state index is -0.345. The molecule has 2 N–H and O–H groups in total. The Kier molecular flexibility index (Phi) is 4.36. The van der Waals surface area contributed by atoms with Crippen LogP contribution in [-0.4, -0.2) is 21.1 Å². The molecule has 0 saturated heterocycles. The van der Waals surface area contributed by atoms with Gasteiger partial charge < -0.3 is 5.32 Å². The van der Waals surface area contributed by atoms with E-state index in [9.17, 15) is 4.79 Å². The predicted octanol–water partition coefficient (Wildman–Crippen LogP) is 3.71. The smallest absolute Gasteiger partial charge is 0.295 e. The molecule has 0 aliphatic carbocycles. The van der Waals surface area contributed by atoms with Gasteiger partial charge in [-0.2, -0.15) is 0 Å². The fraction of sp³-hybridized carbons (Fsp3) is 0.250. The first-order valence-corrected chi connectivity index (χ1v) is 7.24. The summed E-state index contributed by atoms with van der Waals surface area (Å²) >= 11 is 6.73. The Morgan fingerprint density at radius 2 is 2.11 bits per heavy atom. The minimum absolute atomic E-state index is 0.135. The number of carbonyl (C=O) groups excluding carboxylic acids is 1. The molecular weight excluding hydrogens is 376 g/mol. The van der Waals surface area contributed by atoms with Crippen molar-refractivity contribution in [1.82, 2.24) is 15.2 Å². The molecule has 19 heavy (non-hydrogen) atoms. The van der Waals surface area contributed by atoms with Crippen LogP contribution in [0.1, 0.15) is 36.2 Å². The van der Waals surface area contributed by atoms with E-state index < -0.39 is 0 Å². The molecule has 0 aliphatic heterocycles. The lowest BCUT2D eigenvalue weighted by Gasteiger charge is -2.05. The molecule has 7 heteroatoms. The van der Waals surface area contributed by atoms with Crippen LogP contribution >= 0.6 is 31.9 Å². The van der Waals surface area contributed by atoms with Crippen molar-refractivity contribution in [3.8, 4) is 0 Å². The topological polar surface area (TPSA) is 70.7 Å². The van der Waals surface area contributed by atoms with Crippen LogP contribution in [0.25, 0.3) is 0 Å². The van der Waals surface area contributed by atoms with Crippen molar-refractivity contribution in [2.75, 3.05) is 5.32 Å². The number of benzene rings is 1. The molecule has 0 fully saturated rings. The predicted molar refractivity (Wildman–Crippen MR) is 80.3 cm³/mol. The number of hydrogen-bond acceptors (Lipinski definition) is 3. The summed E-state index contributed by atoms with van der Waals surface area (Å²) in [6.45, 7) is 3.96. The second-order valence-electron chi connectivity index (χ2n) is 4.28. The number of hydrogen-bond donors (Lipinski definition) is 2. The van der Waals surface area contributed by atoms with Crippen LogP contribution in [0.15, 0.2) is 27.1 Å². The first-order valence-electron chi connectivity index (χ1n) is 5.66. The van der Waals surface area contributed by atoms with E-state index in [1.807, 2.05) is 26.0 Å². The van der Waals surface area contributed by atoms with E-state index in [4.69, 9.17) is 0 Å². The van der Waals surface area contributed by atoms with Crippen LogP contribution in [0.4, 0.5) is 5.69 Å². The van der Waals surface area contributed by atoms with E-state index in [1.54, 1.807) is 6.07 Å². The maximum absolute atomic E-state index is 12.0. The van der Waals surface area contributed by atoms with Crippen molar-refractivity contribution in [3.63, 3.8) is 0 Å². The Hall–Kier alpha value is -1.21. The Balaban J connectivity index is 2.18. The molecule has 0 saturated carbocycles. The largest absolute Gasteiger partial charge is 0.318 e. The molecule has 1 aromatic carbocycles. The summed E-state index contributed by atoms with van der Waals surface area (Å²) in [6, 6.07) is 5.53. The van der Waals surface area contributed by atoms with Gasteiger partial charge in [0.2, 0.25) is 5.82 Å². The number of nitrogens with one attached hydrogen (secondary N) is 2. The molecule has 0 unspecified atom stereocenters. The summed E-state index contributed by atoms with van der Waals surface area (Å²) in [4.78, 5) is 16.2. The number of amides is 1. The van der Waals surface area contributed by atoms with Crippen LogP contribution in [0.3, 0.4) is 0 Å². The van der Waals surface area contributed by atoms with Crippen molar-refractivity contribution < 1.29 is 4.79 Å². The van der Waals surface area contributed by atoms with Crippen LogP contribution in [-0.2, 0) is 0 Å². The van der Waals surface area contributed by atoms with Crippen molar-refractivity contribution in [1.29, 1.82) is 0 Å². The molecule has 5 nitrogen and oxygen atoms in total. The Labute approximate surface area is 127 Å². The van der Waals surface area contributed by atoms with Gasteiger partial charge in [0.15, 0.2) is 0 Å². The number of H-pyrrole nitrogens is 1. The van der Waals surface area contributed by atoms with Gasteiger partial charge in [-0.05, 0) is 34.1 Å². The lowest BCUT2D eigenvalue weighted by Crippen LogP contribution is -2.14. The van der Waals surface area contributed by atoms with E-state index in [0.29, 0.717) is 11.5 Å². The third kappa shape index (κ3) is 3.42. The summed E-state index contributed by atoms with van der Waals surface area (Å²) in [5.74, 6) is 0.683. The fourth-order valence-electron chi connectivity index (χ4n) is 1.41. The molecular formula is C12H12Br2N4O. The Morgan fingerprint density at radius 1 is 1.37 bits per heavy atom. The number of nitrogens with zero attached hydrogens (tertiary/aromatic N) is 2. The zero-order chi connectivity index (χ0) is 14.0. The van der Waals surface area contributed by atoms with Crippen molar-refractivity contribution in [3.05, 3.63) is 38.8 Å². The Morgan fingerprint density at radius 3 is 2.74 bits per heavy atom. The molecule has 1 amide bonds. The third-order valence-electron chi connectivity index (χ3n) is 2.43. The van der Waals surface area contributed by atoms with E-state index >= 15 is 0 Å². The lowest BCUT2D eigenvalue weighted by atomic mass is 10.2. The van der Waals surface area contributed by atoms with Gasteiger partial charge in [0.1, 0.15) is 5.82 Å². The number of rotatable bonds is 3. The van der Waals surface area contributed by atoms with Crippen LogP contribution in [0.5, 0.6) is 0 Å². The lowest BCUT2D eigenvalue weighted by molar-refractivity contribution is 0.101. The standard InChI is InChI=1S/C12H12Br2N4O/c1-6(2)10-16-11(18-17-10)12(19)15-9-5-7(13)3-4-8(9)14/h3-6H,1-2H3,(H,15,19)(H,16,17,18). The summed E-state index contributed by atoms with van der Waals surface area (Å²) in [5, 5.41) is 9.42. The first-order chi connectivity index (χ1) is 8.97. The maximum atomic E-state index is 12.0. The molecule has 0 aliphatic rings. The molecule has 100 valence electrons. The summed E-state index contributed by atoms with van der Waals surface area (Å²) < 4.78 is 1.67. The monoisotopic (exact) mass is 386 g/mol. The minimum Gasteiger partial charge on any atom is -0.318 e. The number of carbonyl (C=O) groups is 1. The van der Waals surface area contributed by atoms with Crippen LogP contribution in [0, 0.1) is 0 Å². The molecule has 2 rings (SSSR count). The highest BCUT2D eigenvalue weighted by molar-refractivity contribution is 9.11. The van der Waals surface area contributed by atoms with Crippen molar-refractivity contribution >= 4 is 43.5 Å². The second-order valence-corrected chi connectivity index (χ2v) is 6.05. The van der Waals surface area contributed by atoms with Gasteiger partial charge in [0.05, 0.1) is 5.69 Å². The average Bonchev–Trinajstić information content (AvgIpc) is 2.83. The SMILES string of the molecule is CC(C)c1nc(C(=O)Nc2cc(Br)ccc2Br)n[nH]1. The summed E-state index contributed by atoms with van der Waals surface area (Å²) in [7, 11) is 0. The average molecular weight is 388 g/mol. The van der Waals surface area contributed by atoms with Crippen molar-refractivity contribution in [2.24, 2.45) is 0 Å². The van der Waals surface area contributed by atoms with Crippen molar-refractivity contribution in [2.45, 2.75) is 19.8 Å². The van der Waals surface area contributed by atoms with E-state index in [-0.39, 0.29) is 17.6 Å². The molecule has 1 heterocycles. The number of aromatic nitrogens is 3. The van der Waals surface area contributed by atoms with Crippen LogP contribution in [0.2, 0.25) is 0 Å². The fourth-order valence-corrected chi connectivity index (χ4v) is 2.11. The highest BCUT2D eigenvalue weighted by Crippen LogP contribution is 2.26. The molecule has 2 aromatic rings. The number of anilines is 1. The molecule has 0 radical (unpaired) electrons. The summed E-state index contributed by atoms with van der Waals surface area (Å²) in [5.41, 5.74) is 0.662. The molecule has 0 spiro atoms. The number of aromatic amines is 1.